The van der Waals surface area contributed by atoms with E-state index in [4.69, 9.17) is 0 Å². The van der Waals surface area contributed by atoms with Crippen LogP contribution < -0.4 is 9.21 Å². The summed E-state index contributed by atoms with van der Waals surface area (Å²) in [5, 5.41) is 10.9. The molecular formula is C19H22N4O4S. The van der Waals surface area contributed by atoms with E-state index in [9.17, 15) is 18.5 Å². The molecule has 2 aliphatic heterocycles. The third-order valence-electron chi connectivity index (χ3n) is 5.54. The number of hydrogen-bond acceptors (Lipinski definition) is 6. The average Bonchev–Trinajstić information content (AvgIpc) is 3.12. The summed E-state index contributed by atoms with van der Waals surface area (Å²) in [6.07, 6.45) is 3.42. The van der Waals surface area contributed by atoms with Crippen molar-refractivity contribution >= 4 is 27.2 Å². The summed E-state index contributed by atoms with van der Waals surface area (Å²) in [5.41, 5.74) is 2.26. The van der Waals surface area contributed by atoms with E-state index in [1.807, 2.05) is 24.3 Å². The summed E-state index contributed by atoms with van der Waals surface area (Å²) < 4.78 is 28.2. The molecule has 1 aromatic heterocycles. The van der Waals surface area contributed by atoms with Crippen LogP contribution in [-0.2, 0) is 16.4 Å². The molecule has 0 N–H and O–H groups in total. The molecule has 1 saturated heterocycles. The normalized spacial score (nSPS) is 19.5. The zero-order chi connectivity index (χ0) is 19.9. The highest BCUT2D eigenvalue weighted by Crippen LogP contribution is 2.35. The lowest BCUT2D eigenvalue weighted by Crippen LogP contribution is -2.48. The van der Waals surface area contributed by atoms with E-state index in [0.717, 1.165) is 11.3 Å². The molecule has 4 rings (SSSR count). The fraction of sp³-hybridized carbons (Fsp3) is 0.421. The number of nitro groups is 1. The van der Waals surface area contributed by atoms with Gasteiger partial charge >= 0.3 is 5.69 Å². The summed E-state index contributed by atoms with van der Waals surface area (Å²) in [7, 11) is -3.57. The predicted molar refractivity (Wildman–Crippen MR) is 107 cm³/mol. The van der Waals surface area contributed by atoms with Crippen molar-refractivity contribution in [2.24, 2.45) is 0 Å². The van der Waals surface area contributed by atoms with Crippen molar-refractivity contribution in [1.29, 1.82) is 0 Å². The molecule has 0 bridgehead atoms. The molecule has 8 nitrogen and oxygen atoms in total. The molecule has 0 saturated carbocycles. The lowest BCUT2D eigenvalue weighted by molar-refractivity contribution is -0.384. The number of rotatable bonds is 4. The maximum Gasteiger partial charge on any atom is 0.314 e. The predicted octanol–water partition coefficient (Wildman–Crippen LogP) is 2.66. The molecule has 2 aromatic rings. The van der Waals surface area contributed by atoms with Crippen LogP contribution in [0.4, 0.5) is 17.2 Å². The number of nitrogens with zero attached hydrogens (tertiary/aromatic N) is 4. The Labute approximate surface area is 164 Å². The molecule has 0 amide bonds. The van der Waals surface area contributed by atoms with Crippen molar-refractivity contribution < 1.29 is 13.3 Å². The monoisotopic (exact) mass is 402 g/mol. The summed E-state index contributed by atoms with van der Waals surface area (Å²) in [6.45, 7) is 2.88. The van der Waals surface area contributed by atoms with Crippen molar-refractivity contribution in [2.75, 3.05) is 28.8 Å². The van der Waals surface area contributed by atoms with Gasteiger partial charge in [-0.05, 0) is 43.9 Å². The molecule has 28 heavy (non-hydrogen) atoms. The van der Waals surface area contributed by atoms with E-state index in [0.29, 0.717) is 37.9 Å². The lowest BCUT2D eigenvalue weighted by atomic mass is 10.1. The highest BCUT2D eigenvalue weighted by Gasteiger charge is 2.39. The Hall–Kier alpha value is -2.68. The van der Waals surface area contributed by atoms with Gasteiger partial charge in [0.15, 0.2) is 0 Å². The Morgan fingerprint density at radius 2 is 2.00 bits per heavy atom. The Balaban J connectivity index is 1.63. The van der Waals surface area contributed by atoms with E-state index in [-0.39, 0.29) is 18.1 Å². The molecule has 1 aromatic carbocycles. The first-order chi connectivity index (χ1) is 13.4. The lowest BCUT2D eigenvalue weighted by Gasteiger charge is -2.35. The first-order valence-electron chi connectivity index (χ1n) is 9.34. The van der Waals surface area contributed by atoms with Crippen LogP contribution in [-0.4, -0.2) is 43.2 Å². The number of aromatic nitrogens is 1. The number of pyridine rings is 1. The second kappa shape index (κ2) is 7.05. The number of aryl methyl sites for hydroxylation is 1. The summed E-state index contributed by atoms with van der Waals surface area (Å²) in [4.78, 5) is 17.0. The van der Waals surface area contributed by atoms with Gasteiger partial charge in [0.05, 0.1) is 15.9 Å². The summed E-state index contributed by atoms with van der Waals surface area (Å²) >= 11 is 0. The average molecular weight is 402 g/mol. The van der Waals surface area contributed by atoms with Gasteiger partial charge in [-0.3, -0.25) is 14.4 Å². The molecule has 0 spiro atoms. The minimum atomic E-state index is -3.57. The molecule has 9 heteroatoms. The van der Waals surface area contributed by atoms with Crippen LogP contribution in [0.5, 0.6) is 0 Å². The first kappa shape index (κ1) is 18.7. The van der Waals surface area contributed by atoms with Gasteiger partial charge in [0, 0.05) is 31.4 Å². The van der Waals surface area contributed by atoms with Crippen molar-refractivity contribution in [3.8, 4) is 0 Å². The molecular weight excluding hydrogens is 380 g/mol. The highest BCUT2D eigenvalue weighted by atomic mass is 32.2. The van der Waals surface area contributed by atoms with Crippen LogP contribution in [0, 0.1) is 17.0 Å². The second-order valence-electron chi connectivity index (χ2n) is 7.26. The molecule has 148 valence electrons. The van der Waals surface area contributed by atoms with Gasteiger partial charge in [-0.25, -0.2) is 13.4 Å². The number of anilines is 2. The molecule has 1 unspecified atom stereocenters. The molecule has 0 radical (unpaired) electrons. The maximum atomic E-state index is 13.4. The number of para-hydroxylation sites is 1. The van der Waals surface area contributed by atoms with Crippen molar-refractivity contribution in [3.05, 3.63) is 57.8 Å². The zero-order valence-corrected chi connectivity index (χ0v) is 16.4. The largest absolute Gasteiger partial charge is 0.350 e. The van der Waals surface area contributed by atoms with E-state index in [1.54, 1.807) is 17.9 Å². The van der Waals surface area contributed by atoms with Crippen LogP contribution in [0.3, 0.4) is 0 Å². The topological polar surface area (TPSA) is 96.7 Å². The van der Waals surface area contributed by atoms with Gasteiger partial charge in [0.1, 0.15) is 0 Å². The van der Waals surface area contributed by atoms with Crippen molar-refractivity contribution in [3.63, 3.8) is 0 Å². The Morgan fingerprint density at radius 3 is 2.79 bits per heavy atom. The number of sulfonamides is 1. The number of piperidine rings is 1. The van der Waals surface area contributed by atoms with Crippen molar-refractivity contribution in [2.45, 2.75) is 31.4 Å². The number of hydrogen-bond donors (Lipinski definition) is 0. The Morgan fingerprint density at radius 1 is 1.21 bits per heavy atom. The summed E-state index contributed by atoms with van der Waals surface area (Å²) in [5.74, 6) is 0.256. The standard InChI is InChI=1S/C19H22N4O4S/c1-14-8-10-20-19(18(14)23(24)25)21-11-4-6-16(13-21)28(26,27)22-12-9-15-5-2-3-7-17(15)22/h2-3,5,7-8,10,16H,4,6,9,11-13H2,1H3. The van der Waals surface area contributed by atoms with Gasteiger partial charge < -0.3 is 4.90 Å². The fourth-order valence-corrected chi connectivity index (χ4v) is 6.11. The third-order valence-corrected chi connectivity index (χ3v) is 7.76. The van der Waals surface area contributed by atoms with Gasteiger partial charge in [0.2, 0.25) is 15.8 Å². The third kappa shape index (κ3) is 3.09. The van der Waals surface area contributed by atoms with Crippen LogP contribution in [0.25, 0.3) is 0 Å². The van der Waals surface area contributed by atoms with Crippen LogP contribution in [0.15, 0.2) is 36.5 Å². The summed E-state index contributed by atoms with van der Waals surface area (Å²) in [6, 6.07) is 9.16. The van der Waals surface area contributed by atoms with E-state index >= 15 is 0 Å². The van der Waals surface area contributed by atoms with Gasteiger partial charge in [0.25, 0.3) is 0 Å². The molecule has 1 atom stereocenters. The van der Waals surface area contributed by atoms with Crippen molar-refractivity contribution in [1.82, 2.24) is 4.98 Å². The van der Waals surface area contributed by atoms with Gasteiger partial charge in [-0.1, -0.05) is 18.2 Å². The maximum absolute atomic E-state index is 13.4. The quantitative estimate of drug-likeness (QED) is 0.576. The number of fused-ring (bicyclic) bond motifs is 1. The minimum Gasteiger partial charge on any atom is -0.350 e. The van der Waals surface area contributed by atoms with Crippen LogP contribution in [0.1, 0.15) is 24.0 Å². The first-order valence-corrected chi connectivity index (χ1v) is 10.8. The smallest absolute Gasteiger partial charge is 0.314 e. The second-order valence-corrected chi connectivity index (χ2v) is 9.40. The highest BCUT2D eigenvalue weighted by molar-refractivity contribution is 7.93. The molecule has 0 aliphatic carbocycles. The Kier molecular flexibility index (Phi) is 4.70. The van der Waals surface area contributed by atoms with Crippen LogP contribution in [0.2, 0.25) is 0 Å². The molecule has 3 heterocycles. The fourth-order valence-electron chi connectivity index (χ4n) is 4.12. The Bertz CT molecular complexity index is 1020. The van der Waals surface area contributed by atoms with Crippen LogP contribution >= 0.6 is 0 Å². The zero-order valence-electron chi connectivity index (χ0n) is 15.6. The molecule has 2 aliphatic rings. The van der Waals surface area contributed by atoms with E-state index in [1.165, 1.54) is 10.5 Å². The number of benzene rings is 1. The minimum absolute atomic E-state index is 0.0490. The van der Waals surface area contributed by atoms with Gasteiger partial charge in [-0.15, -0.1) is 0 Å². The van der Waals surface area contributed by atoms with Gasteiger partial charge in [-0.2, -0.15) is 0 Å². The molecule has 1 fully saturated rings. The van der Waals surface area contributed by atoms with E-state index in [2.05, 4.69) is 4.98 Å². The van der Waals surface area contributed by atoms with E-state index < -0.39 is 20.2 Å². The SMILES string of the molecule is Cc1ccnc(N2CCCC(S(=O)(=O)N3CCc4ccccc43)C2)c1[N+](=O)[O-].